The van der Waals surface area contributed by atoms with Crippen LogP contribution in [0.25, 0.3) is 0 Å². The lowest BCUT2D eigenvalue weighted by atomic mass is 10.1. The number of benzene rings is 1. The van der Waals surface area contributed by atoms with Gasteiger partial charge in [0.1, 0.15) is 12.4 Å². The zero-order chi connectivity index (χ0) is 14.4. The van der Waals surface area contributed by atoms with E-state index in [0.29, 0.717) is 6.61 Å². The molecule has 0 bridgehead atoms. The molecule has 1 aliphatic heterocycles. The van der Waals surface area contributed by atoms with Gasteiger partial charge in [-0.15, -0.1) is 0 Å². The van der Waals surface area contributed by atoms with E-state index >= 15 is 0 Å². The van der Waals surface area contributed by atoms with E-state index in [1.807, 2.05) is 24.3 Å². The summed E-state index contributed by atoms with van der Waals surface area (Å²) in [6.45, 7) is 2.90. The van der Waals surface area contributed by atoms with Crippen molar-refractivity contribution in [3.05, 3.63) is 29.8 Å². The molecule has 2 N–H and O–H groups in total. The van der Waals surface area contributed by atoms with Crippen LogP contribution in [0.4, 0.5) is 0 Å². The topological polar surface area (TPSA) is 70.0 Å². The van der Waals surface area contributed by atoms with Gasteiger partial charge in [-0.2, -0.15) is 0 Å². The monoisotopic (exact) mass is 279 g/mol. The van der Waals surface area contributed by atoms with Gasteiger partial charge >= 0.3 is 5.97 Å². The van der Waals surface area contributed by atoms with Crippen molar-refractivity contribution in [3.8, 4) is 5.75 Å². The van der Waals surface area contributed by atoms with Crippen LogP contribution in [0.2, 0.25) is 0 Å². The highest BCUT2D eigenvalue weighted by Gasteiger charge is 2.24. The number of ether oxygens (including phenoxy) is 1. The predicted molar refractivity (Wildman–Crippen MR) is 74.7 cm³/mol. The molecule has 20 heavy (non-hydrogen) atoms. The summed E-state index contributed by atoms with van der Waals surface area (Å²) in [6, 6.07) is 7.82. The van der Waals surface area contributed by atoms with Crippen LogP contribution in [0, 0.1) is 5.92 Å². The van der Waals surface area contributed by atoms with Gasteiger partial charge in [-0.25, -0.2) is 0 Å². The number of aliphatic hydroxyl groups excluding tert-OH is 1. The highest BCUT2D eigenvalue weighted by molar-refractivity contribution is 5.67. The maximum absolute atomic E-state index is 10.7. The predicted octanol–water partition coefficient (Wildman–Crippen LogP) is 1.35. The molecule has 1 fully saturated rings. The molecule has 1 atom stereocenters. The van der Waals surface area contributed by atoms with Crippen LogP contribution in [-0.4, -0.2) is 47.4 Å². The average Bonchev–Trinajstić information content (AvgIpc) is 2.83. The Morgan fingerprint density at radius 3 is 3.05 bits per heavy atom. The summed E-state index contributed by atoms with van der Waals surface area (Å²) < 4.78 is 5.39. The Bertz CT molecular complexity index is 449. The van der Waals surface area contributed by atoms with Crippen molar-refractivity contribution in [3.63, 3.8) is 0 Å². The van der Waals surface area contributed by atoms with Crippen molar-refractivity contribution in [2.75, 3.05) is 26.3 Å². The van der Waals surface area contributed by atoms with Gasteiger partial charge in [-0.1, -0.05) is 12.1 Å². The molecule has 1 heterocycles. The third-order valence-electron chi connectivity index (χ3n) is 3.50. The number of nitrogens with zero attached hydrogens (tertiary/aromatic N) is 1. The van der Waals surface area contributed by atoms with E-state index in [0.717, 1.165) is 37.4 Å². The van der Waals surface area contributed by atoms with E-state index in [9.17, 15) is 4.79 Å². The van der Waals surface area contributed by atoms with Gasteiger partial charge in [0.05, 0.1) is 6.61 Å². The molecule has 0 saturated carbocycles. The van der Waals surface area contributed by atoms with Gasteiger partial charge in [0.2, 0.25) is 0 Å². The molecule has 2 rings (SSSR count). The number of carbonyl (C=O) groups is 1. The first kappa shape index (κ1) is 14.8. The third kappa shape index (κ3) is 4.51. The maximum Gasteiger partial charge on any atom is 0.303 e. The Labute approximate surface area is 118 Å². The zero-order valence-electron chi connectivity index (χ0n) is 11.5. The fourth-order valence-corrected chi connectivity index (χ4v) is 2.63. The summed E-state index contributed by atoms with van der Waals surface area (Å²) in [7, 11) is 0. The fraction of sp³-hybridized carbons (Fsp3) is 0.533. The molecule has 0 amide bonds. The van der Waals surface area contributed by atoms with E-state index < -0.39 is 5.97 Å². The first-order chi connectivity index (χ1) is 9.67. The number of aliphatic hydroxyl groups is 1. The number of carboxylic acids is 1. The van der Waals surface area contributed by atoms with Crippen LogP contribution in [-0.2, 0) is 11.3 Å². The van der Waals surface area contributed by atoms with Gasteiger partial charge < -0.3 is 14.9 Å². The Kier molecular flexibility index (Phi) is 5.38. The second-order valence-electron chi connectivity index (χ2n) is 5.21. The third-order valence-corrected chi connectivity index (χ3v) is 3.50. The molecule has 1 aliphatic rings. The summed E-state index contributed by atoms with van der Waals surface area (Å²) in [6.07, 6.45) is 1.21. The first-order valence-electron chi connectivity index (χ1n) is 6.94. The standard InChI is InChI=1S/C15H21NO4/c17-6-7-20-14-3-1-2-12(8-14)10-16-5-4-13(11-16)9-15(18)19/h1-3,8,13,17H,4-7,9-11H2,(H,18,19). The van der Waals surface area contributed by atoms with Crippen LogP contribution in [0.15, 0.2) is 24.3 Å². The molecule has 5 nitrogen and oxygen atoms in total. The van der Waals surface area contributed by atoms with Crippen molar-refractivity contribution < 1.29 is 19.7 Å². The first-order valence-corrected chi connectivity index (χ1v) is 6.94. The highest BCUT2D eigenvalue weighted by atomic mass is 16.5. The van der Waals surface area contributed by atoms with Crippen LogP contribution >= 0.6 is 0 Å². The van der Waals surface area contributed by atoms with Crippen molar-refractivity contribution in [2.24, 2.45) is 5.92 Å². The molecular formula is C15H21NO4. The fourth-order valence-electron chi connectivity index (χ4n) is 2.63. The summed E-state index contributed by atoms with van der Waals surface area (Å²) in [4.78, 5) is 13.0. The largest absolute Gasteiger partial charge is 0.491 e. The normalized spacial score (nSPS) is 19.1. The molecule has 1 aromatic carbocycles. The Hall–Kier alpha value is -1.59. The summed E-state index contributed by atoms with van der Waals surface area (Å²) in [5.41, 5.74) is 1.15. The van der Waals surface area contributed by atoms with Gasteiger partial charge in [0, 0.05) is 19.5 Å². The second kappa shape index (κ2) is 7.26. The van der Waals surface area contributed by atoms with Gasteiger partial charge in [0.15, 0.2) is 0 Å². The lowest BCUT2D eigenvalue weighted by molar-refractivity contribution is -0.138. The highest BCUT2D eigenvalue weighted by Crippen LogP contribution is 2.22. The summed E-state index contributed by atoms with van der Waals surface area (Å²) in [5.74, 6) is 0.315. The Balaban J connectivity index is 1.86. The van der Waals surface area contributed by atoms with Gasteiger partial charge in [-0.05, 0) is 36.6 Å². The molecule has 0 spiro atoms. The minimum Gasteiger partial charge on any atom is -0.491 e. The number of aliphatic carboxylic acids is 1. The van der Waals surface area contributed by atoms with E-state index in [4.69, 9.17) is 14.9 Å². The Morgan fingerprint density at radius 1 is 1.45 bits per heavy atom. The number of rotatable bonds is 7. The van der Waals surface area contributed by atoms with Gasteiger partial charge in [-0.3, -0.25) is 9.69 Å². The molecule has 0 radical (unpaired) electrons. The van der Waals surface area contributed by atoms with Gasteiger partial charge in [0.25, 0.3) is 0 Å². The van der Waals surface area contributed by atoms with Crippen molar-refractivity contribution in [1.29, 1.82) is 0 Å². The average molecular weight is 279 g/mol. The lowest BCUT2D eigenvalue weighted by Crippen LogP contribution is -2.20. The molecule has 1 saturated heterocycles. The van der Waals surface area contributed by atoms with Crippen LogP contribution in [0.3, 0.4) is 0 Å². The summed E-state index contributed by atoms with van der Waals surface area (Å²) >= 11 is 0. The van der Waals surface area contributed by atoms with Crippen LogP contribution in [0.5, 0.6) is 5.75 Å². The number of carboxylic acid groups (broad SMARTS) is 1. The smallest absolute Gasteiger partial charge is 0.303 e. The molecule has 0 aromatic heterocycles. The van der Waals surface area contributed by atoms with E-state index in [1.54, 1.807) is 0 Å². The zero-order valence-corrected chi connectivity index (χ0v) is 11.5. The van der Waals surface area contributed by atoms with Crippen LogP contribution in [0.1, 0.15) is 18.4 Å². The maximum atomic E-state index is 10.7. The Morgan fingerprint density at radius 2 is 2.30 bits per heavy atom. The summed E-state index contributed by atoms with van der Waals surface area (Å²) in [5, 5.41) is 17.6. The van der Waals surface area contributed by atoms with E-state index in [2.05, 4.69) is 4.90 Å². The molecular weight excluding hydrogens is 258 g/mol. The lowest BCUT2D eigenvalue weighted by Gasteiger charge is -2.16. The van der Waals surface area contributed by atoms with Crippen molar-refractivity contribution in [1.82, 2.24) is 4.90 Å². The molecule has 110 valence electrons. The molecule has 5 heteroatoms. The van der Waals surface area contributed by atoms with E-state index in [1.165, 1.54) is 0 Å². The molecule has 1 unspecified atom stereocenters. The SMILES string of the molecule is O=C(O)CC1CCN(Cc2cccc(OCCO)c2)C1. The van der Waals surface area contributed by atoms with Crippen molar-refractivity contribution in [2.45, 2.75) is 19.4 Å². The molecule has 1 aromatic rings. The quantitative estimate of drug-likeness (QED) is 0.788. The van der Waals surface area contributed by atoms with Crippen molar-refractivity contribution >= 4 is 5.97 Å². The minimum atomic E-state index is -0.712. The van der Waals surface area contributed by atoms with E-state index in [-0.39, 0.29) is 18.9 Å². The second-order valence-corrected chi connectivity index (χ2v) is 5.21. The molecule has 0 aliphatic carbocycles. The number of hydrogen-bond donors (Lipinski definition) is 2. The number of likely N-dealkylation sites (tertiary alicyclic amines) is 1. The number of hydrogen-bond acceptors (Lipinski definition) is 4. The van der Waals surface area contributed by atoms with Crippen LogP contribution < -0.4 is 4.74 Å². The minimum absolute atomic E-state index is 0.00716.